The van der Waals surface area contributed by atoms with Gasteiger partial charge in [-0.15, -0.1) is 0 Å². The van der Waals surface area contributed by atoms with Crippen LogP contribution in [0.1, 0.15) is 12.0 Å². The Bertz CT molecular complexity index is 955. The van der Waals surface area contributed by atoms with Crippen LogP contribution in [0.25, 0.3) is 5.57 Å². The van der Waals surface area contributed by atoms with Gasteiger partial charge in [-0.05, 0) is 41.5 Å². The van der Waals surface area contributed by atoms with Crippen LogP contribution in [0, 0.1) is 5.82 Å². The third-order valence-corrected chi connectivity index (χ3v) is 5.63. The molecule has 136 valence electrons. The standard InChI is InChI=1S/C19H18F2N2O2S/c20-16-6-8-17(9-7-16)26(24,25)23-19(21)11-10-14(13-22)12-18(19)15-4-2-1-3-5-15/h1-10,12,23H,11,13,22H2. The normalized spacial score (nSPS) is 20.4. The number of hydrogen-bond donors (Lipinski definition) is 2. The second-order valence-electron chi connectivity index (χ2n) is 5.97. The summed E-state index contributed by atoms with van der Waals surface area (Å²) in [6.45, 7) is 0.219. The lowest BCUT2D eigenvalue weighted by Crippen LogP contribution is -2.46. The average Bonchev–Trinajstić information content (AvgIpc) is 2.62. The smallest absolute Gasteiger partial charge is 0.243 e. The van der Waals surface area contributed by atoms with Crippen LogP contribution in [-0.4, -0.2) is 20.8 Å². The van der Waals surface area contributed by atoms with E-state index in [1.54, 1.807) is 42.5 Å². The summed E-state index contributed by atoms with van der Waals surface area (Å²) in [6.07, 6.45) is 2.94. The van der Waals surface area contributed by atoms with Gasteiger partial charge in [0.25, 0.3) is 0 Å². The molecule has 0 saturated heterocycles. The maximum Gasteiger partial charge on any atom is 0.243 e. The Hall–Kier alpha value is -2.35. The number of benzene rings is 2. The zero-order chi connectivity index (χ0) is 18.8. The number of rotatable bonds is 5. The minimum absolute atomic E-state index is 0.187. The van der Waals surface area contributed by atoms with E-state index in [1.165, 1.54) is 0 Å². The van der Waals surface area contributed by atoms with Crippen LogP contribution in [0.15, 0.2) is 77.2 Å². The van der Waals surface area contributed by atoms with Gasteiger partial charge >= 0.3 is 0 Å². The third kappa shape index (κ3) is 3.75. The van der Waals surface area contributed by atoms with Gasteiger partial charge < -0.3 is 5.73 Å². The first-order chi connectivity index (χ1) is 12.3. The summed E-state index contributed by atoms with van der Waals surface area (Å²) in [5.41, 5.74) is 7.11. The van der Waals surface area contributed by atoms with Gasteiger partial charge in [0.05, 0.1) is 4.90 Å². The van der Waals surface area contributed by atoms with E-state index >= 15 is 4.39 Å². The topological polar surface area (TPSA) is 72.2 Å². The van der Waals surface area contributed by atoms with Gasteiger partial charge in [0, 0.05) is 18.5 Å². The molecule has 0 aliphatic heterocycles. The van der Waals surface area contributed by atoms with Crippen LogP contribution in [0.2, 0.25) is 0 Å². The lowest BCUT2D eigenvalue weighted by atomic mass is 9.88. The predicted octanol–water partition coefficient (Wildman–Crippen LogP) is 3.14. The summed E-state index contributed by atoms with van der Waals surface area (Å²) in [6, 6.07) is 12.9. The first-order valence-corrected chi connectivity index (χ1v) is 9.47. The lowest BCUT2D eigenvalue weighted by Gasteiger charge is -2.31. The number of nitrogens with one attached hydrogen (secondary N) is 1. The highest BCUT2D eigenvalue weighted by atomic mass is 32.2. The number of hydrogen-bond acceptors (Lipinski definition) is 3. The molecule has 2 aromatic rings. The van der Waals surface area contributed by atoms with Crippen molar-refractivity contribution >= 4 is 15.6 Å². The largest absolute Gasteiger partial charge is 0.327 e. The quantitative estimate of drug-likeness (QED) is 0.788. The van der Waals surface area contributed by atoms with Crippen LogP contribution in [0.5, 0.6) is 0 Å². The molecule has 0 heterocycles. The van der Waals surface area contributed by atoms with Crippen molar-refractivity contribution in [3.05, 3.63) is 83.7 Å². The summed E-state index contributed by atoms with van der Waals surface area (Å²) < 4.78 is 56.2. The molecule has 0 amide bonds. The van der Waals surface area contributed by atoms with Gasteiger partial charge in [0.1, 0.15) is 5.82 Å². The Balaban J connectivity index is 2.00. The highest BCUT2D eigenvalue weighted by Crippen LogP contribution is 2.37. The van der Waals surface area contributed by atoms with Crippen molar-refractivity contribution < 1.29 is 17.2 Å². The van der Waals surface area contributed by atoms with Crippen molar-refractivity contribution in [2.45, 2.75) is 17.1 Å². The van der Waals surface area contributed by atoms with E-state index in [0.717, 1.165) is 29.8 Å². The van der Waals surface area contributed by atoms with E-state index in [9.17, 15) is 12.8 Å². The zero-order valence-corrected chi connectivity index (χ0v) is 14.6. The van der Waals surface area contributed by atoms with Crippen LogP contribution in [-0.2, 0) is 10.0 Å². The van der Waals surface area contributed by atoms with Crippen molar-refractivity contribution in [1.29, 1.82) is 0 Å². The van der Waals surface area contributed by atoms with Crippen molar-refractivity contribution in [3.8, 4) is 0 Å². The fourth-order valence-electron chi connectivity index (χ4n) is 2.79. The van der Waals surface area contributed by atoms with Crippen molar-refractivity contribution in [3.63, 3.8) is 0 Å². The van der Waals surface area contributed by atoms with Crippen molar-refractivity contribution in [2.75, 3.05) is 6.54 Å². The molecule has 0 spiro atoms. The average molecular weight is 376 g/mol. The summed E-state index contributed by atoms with van der Waals surface area (Å²) in [5, 5.41) is 0. The van der Waals surface area contributed by atoms with Gasteiger partial charge in [-0.1, -0.05) is 36.4 Å². The lowest BCUT2D eigenvalue weighted by molar-refractivity contribution is 0.227. The predicted molar refractivity (Wildman–Crippen MR) is 96.7 cm³/mol. The molecule has 0 bridgehead atoms. The first kappa shape index (κ1) is 18.4. The molecule has 3 N–H and O–H groups in total. The summed E-state index contributed by atoms with van der Waals surface area (Å²) in [7, 11) is -4.19. The van der Waals surface area contributed by atoms with Crippen molar-refractivity contribution in [2.24, 2.45) is 5.73 Å². The third-order valence-electron chi connectivity index (χ3n) is 4.14. The Morgan fingerprint density at radius 1 is 1.08 bits per heavy atom. The van der Waals surface area contributed by atoms with E-state index in [2.05, 4.69) is 4.72 Å². The number of halogens is 2. The molecule has 0 saturated carbocycles. The Kier molecular flexibility index (Phi) is 5.04. The van der Waals surface area contributed by atoms with Gasteiger partial charge in [0.15, 0.2) is 0 Å². The fourth-order valence-corrected chi connectivity index (χ4v) is 4.03. The summed E-state index contributed by atoms with van der Waals surface area (Å²) in [4.78, 5) is -0.211. The highest BCUT2D eigenvalue weighted by molar-refractivity contribution is 7.89. The van der Waals surface area contributed by atoms with Crippen LogP contribution in [0.3, 0.4) is 0 Å². The Morgan fingerprint density at radius 3 is 2.35 bits per heavy atom. The van der Waals surface area contributed by atoms with E-state index < -0.39 is 21.6 Å². The molecule has 3 rings (SSSR count). The number of alkyl halides is 1. The maximum atomic E-state index is 15.8. The molecule has 1 atom stereocenters. The van der Waals surface area contributed by atoms with Crippen LogP contribution < -0.4 is 10.5 Å². The monoisotopic (exact) mass is 376 g/mol. The second-order valence-corrected chi connectivity index (χ2v) is 7.65. The minimum Gasteiger partial charge on any atom is -0.327 e. The van der Waals surface area contributed by atoms with Gasteiger partial charge in [0.2, 0.25) is 15.8 Å². The summed E-state index contributed by atoms with van der Waals surface area (Å²) in [5.74, 6) is -2.91. The fraction of sp³-hybridized carbons (Fsp3) is 0.158. The molecule has 26 heavy (non-hydrogen) atoms. The molecular weight excluding hydrogens is 358 g/mol. The zero-order valence-electron chi connectivity index (χ0n) is 13.8. The molecule has 1 unspecified atom stereocenters. The highest BCUT2D eigenvalue weighted by Gasteiger charge is 2.40. The van der Waals surface area contributed by atoms with Gasteiger partial charge in [-0.25, -0.2) is 17.2 Å². The first-order valence-electron chi connectivity index (χ1n) is 7.99. The van der Waals surface area contributed by atoms with E-state index in [1.807, 2.05) is 0 Å². The SMILES string of the molecule is NCC1=CCC(F)(NS(=O)(=O)c2ccc(F)cc2)C(c2ccccc2)=C1. The molecular formula is C19H18F2N2O2S. The molecule has 4 nitrogen and oxygen atoms in total. The van der Waals surface area contributed by atoms with E-state index in [0.29, 0.717) is 5.56 Å². The Morgan fingerprint density at radius 2 is 1.73 bits per heavy atom. The molecule has 7 heteroatoms. The Labute approximate surface area is 151 Å². The molecule has 1 aliphatic carbocycles. The number of sulfonamides is 1. The molecule has 0 radical (unpaired) electrons. The van der Waals surface area contributed by atoms with Gasteiger partial charge in [-0.2, -0.15) is 4.72 Å². The van der Waals surface area contributed by atoms with Crippen LogP contribution in [0.4, 0.5) is 8.78 Å². The van der Waals surface area contributed by atoms with Crippen LogP contribution >= 0.6 is 0 Å². The molecule has 1 aliphatic rings. The molecule has 0 aromatic heterocycles. The second kappa shape index (κ2) is 7.11. The maximum absolute atomic E-state index is 15.8. The molecule has 2 aromatic carbocycles. The van der Waals surface area contributed by atoms with E-state index in [-0.39, 0.29) is 23.4 Å². The van der Waals surface area contributed by atoms with E-state index in [4.69, 9.17) is 5.73 Å². The van der Waals surface area contributed by atoms with Crippen molar-refractivity contribution in [1.82, 2.24) is 4.72 Å². The van der Waals surface area contributed by atoms with Gasteiger partial charge in [-0.3, -0.25) is 0 Å². The molecule has 0 fully saturated rings. The minimum atomic E-state index is -4.19. The summed E-state index contributed by atoms with van der Waals surface area (Å²) >= 11 is 0. The number of nitrogens with two attached hydrogens (primary N) is 1.